The van der Waals surface area contributed by atoms with E-state index in [9.17, 15) is 0 Å². The molecule has 1 fully saturated rings. The predicted molar refractivity (Wildman–Crippen MR) is 85.4 cm³/mol. The Morgan fingerprint density at radius 2 is 2.05 bits per heavy atom. The average Bonchev–Trinajstić information content (AvgIpc) is 2.91. The summed E-state index contributed by atoms with van der Waals surface area (Å²) in [4.78, 5) is 2.49. The molecular weight excluding hydrogens is 268 g/mol. The van der Waals surface area contributed by atoms with E-state index in [-0.39, 0.29) is 0 Å². The summed E-state index contributed by atoms with van der Waals surface area (Å²) >= 11 is 1.84. The molecule has 0 aliphatic carbocycles. The first kappa shape index (κ1) is 14.0. The van der Waals surface area contributed by atoms with Crippen LogP contribution in [-0.4, -0.2) is 44.3 Å². The number of benzene rings is 1. The van der Waals surface area contributed by atoms with E-state index in [2.05, 4.69) is 39.9 Å². The van der Waals surface area contributed by atoms with Gasteiger partial charge in [0.05, 0.1) is 13.2 Å². The Hall–Kier alpha value is -0.940. The van der Waals surface area contributed by atoms with Crippen LogP contribution in [0.5, 0.6) is 0 Å². The van der Waals surface area contributed by atoms with Crippen molar-refractivity contribution in [1.29, 1.82) is 0 Å². The van der Waals surface area contributed by atoms with Gasteiger partial charge in [-0.05, 0) is 41.9 Å². The molecule has 108 valence electrons. The van der Waals surface area contributed by atoms with Gasteiger partial charge in [0.1, 0.15) is 0 Å². The number of nitrogens with zero attached hydrogens (tertiary/aromatic N) is 1. The molecule has 20 heavy (non-hydrogen) atoms. The van der Waals surface area contributed by atoms with Gasteiger partial charge < -0.3 is 10.1 Å². The highest BCUT2D eigenvalue weighted by molar-refractivity contribution is 7.17. The van der Waals surface area contributed by atoms with Gasteiger partial charge >= 0.3 is 0 Å². The van der Waals surface area contributed by atoms with Gasteiger partial charge in [-0.25, -0.2) is 0 Å². The molecule has 0 radical (unpaired) electrons. The van der Waals surface area contributed by atoms with E-state index in [4.69, 9.17) is 4.74 Å². The first-order chi connectivity index (χ1) is 9.93. The summed E-state index contributed by atoms with van der Waals surface area (Å²) in [7, 11) is 0. The Labute approximate surface area is 124 Å². The van der Waals surface area contributed by atoms with Gasteiger partial charge in [0.2, 0.25) is 0 Å². The van der Waals surface area contributed by atoms with Crippen molar-refractivity contribution in [2.24, 2.45) is 0 Å². The fourth-order valence-corrected chi connectivity index (χ4v) is 3.61. The maximum Gasteiger partial charge on any atom is 0.0594 e. The molecule has 1 aromatic heterocycles. The Bertz CT molecular complexity index is 534. The molecule has 1 aromatic carbocycles. The van der Waals surface area contributed by atoms with Gasteiger partial charge in [0, 0.05) is 24.3 Å². The summed E-state index contributed by atoms with van der Waals surface area (Å²) < 4.78 is 6.75. The van der Waals surface area contributed by atoms with E-state index in [1.807, 2.05) is 11.3 Å². The van der Waals surface area contributed by atoms with Crippen LogP contribution in [0.15, 0.2) is 29.6 Å². The Kier molecular flexibility index (Phi) is 5.03. The van der Waals surface area contributed by atoms with Gasteiger partial charge in [-0.3, -0.25) is 4.90 Å². The number of hydrogen-bond acceptors (Lipinski definition) is 4. The normalized spacial score (nSPS) is 16.8. The maximum atomic E-state index is 5.36. The second kappa shape index (κ2) is 7.18. The molecule has 2 heterocycles. The SMILES string of the molecule is c1ccc2c(CNCCCN3CCOCC3)csc2c1. The van der Waals surface area contributed by atoms with Gasteiger partial charge in [-0.1, -0.05) is 18.2 Å². The van der Waals surface area contributed by atoms with E-state index in [1.54, 1.807) is 0 Å². The second-order valence-corrected chi connectivity index (χ2v) is 6.15. The molecule has 3 rings (SSSR count). The van der Waals surface area contributed by atoms with Crippen molar-refractivity contribution < 1.29 is 4.74 Å². The number of fused-ring (bicyclic) bond motifs is 1. The van der Waals surface area contributed by atoms with Crippen molar-refractivity contribution >= 4 is 21.4 Å². The van der Waals surface area contributed by atoms with Crippen molar-refractivity contribution in [3.8, 4) is 0 Å². The second-order valence-electron chi connectivity index (χ2n) is 5.24. The van der Waals surface area contributed by atoms with E-state index in [0.29, 0.717) is 0 Å². The minimum atomic E-state index is 0.897. The van der Waals surface area contributed by atoms with Gasteiger partial charge in [0.25, 0.3) is 0 Å². The number of thiophene rings is 1. The van der Waals surface area contributed by atoms with Gasteiger partial charge in [0.15, 0.2) is 0 Å². The molecule has 1 aliphatic heterocycles. The Morgan fingerprint density at radius 3 is 2.95 bits per heavy atom. The first-order valence-corrected chi connectivity index (χ1v) is 8.27. The maximum absolute atomic E-state index is 5.36. The summed E-state index contributed by atoms with van der Waals surface area (Å²) in [5.74, 6) is 0. The summed E-state index contributed by atoms with van der Waals surface area (Å²) in [6, 6.07) is 8.65. The third-order valence-electron chi connectivity index (χ3n) is 3.81. The van der Waals surface area contributed by atoms with E-state index in [1.165, 1.54) is 28.6 Å². The molecule has 0 bridgehead atoms. The Morgan fingerprint density at radius 1 is 1.20 bits per heavy atom. The lowest BCUT2D eigenvalue weighted by Crippen LogP contribution is -2.37. The first-order valence-electron chi connectivity index (χ1n) is 7.39. The lowest BCUT2D eigenvalue weighted by molar-refractivity contribution is 0.0374. The molecule has 0 unspecified atom stereocenters. The van der Waals surface area contributed by atoms with Crippen LogP contribution in [0.3, 0.4) is 0 Å². The predicted octanol–water partition coefficient (Wildman–Crippen LogP) is 2.71. The fourth-order valence-electron chi connectivity index (χ4n) is 2.65. The van der Waals surface area contributed by atoms with E-state index < -0.39 is 0 Å². The smallest absolute Gasteiger partial charge is 0.0594 e. The molecule has 1 saturated heterocycles. The standard InChI is InChI=1S/C16H22N2OS/c1-2-5-16-15(4-1)14(13-20-16)12-17-6-3-7-18-8-10-19-11-9-18/h1-2,4-5,13,17H,3,6-12H2. The highest BCUT2D eigenvalue weighted by atomic mass is 32.1. The molecule has 4 heteroatoms. The zero-order valence-electron chi connectivity index (χ0n) is 11.8. The number of ether oxygens (including phenoxy) is 1. The van der Waals surface area contributed by atoms with Crippen LogP contribution in [-0.2, 0) is 11.3 Å². The van der Waals surface area contributed by atoms with Crippen molar-refractivity contribution in [3.05, 3.63) is 35.2 Å². The van der Waals surface area contributed by atoms with Crippen molar-refractivity contribution in [1.82, 2.24) is 10.2 Å². The van der Waals surface area contributed by atoms with Gasteiger partial charge in [-0.15, -0.1) is 11.3 Å². The number of nitrogens with one attached hydrogen (secondary N) is 1. The molecular formula is C16H22N2OS. The number of hydrogen-bond donors (Lipinski definition) is 1. The van der Waals surface area contributed by atoms with Crippen LogP contribution < -0.4 is 5.32 Å². The molecule has 0 spiro atoms. The van der Waals surface area contributed by atoms with Crippen LogP contribution >= 0.6 is 11.3 Å². The van der Waals surface area contributed by atoms with E-state index in [0.717, 1.165) is 39.4 Å². The van der Waals surface area contributed by atoms with Crippen LogP contribution in [0.4, 0.5) is 0 Å². The highest BCUT2D eigenvalue weighted by Gasteiger charge is 2.09. The highest BCUT2D eigenvalue weighted by Crippen LogP contribution is 2.25. The fraction of sp³-hybridized carbons (Fsp3) is 0.500. The molecule has 0 saturated carbocycles. The molecule has 1 N–H and O–H groups in total. The molecule has 2 aromatic rings. The number of morpholine rings is 1. The van der Waals surface area contributed by atoms with Crippen LogP contribution in [0.2, 0.25) is 0 Å². The lowest BCUT2D eigenvalue weighted by Gasteiger charge is -2.26. The summed E-state index contributed by atoms with van der Waals surface area (Å²) in [5.41, 5.74) is 1.43. The molecule has 1 aliphatic rings. The minimum Gasteiger partial charge on any atom is -0.379 e. The quantitative estimate of drug-likeness (QED) is 0.828. The topological polar surface area (TPSA) is 24.5 Å². The summed E-state index contributed by atoms with van der Waals surface area (Å²) in [6.45, 7) is 7.22. The van der Waals surface area contributed by atoms with Crippen molar-refractivity contribution in [3.63, 3.8) is 0 Å². The lowest BCUT2D eigenvalue weighted by atomic mass is 10.2. The molecule has 3 nitrogen and oxygen atoms in total. The zero-order chi connectivity index (χ0) is 13.6. The Balaban J connectivity index is 1.39. The summed E-state index contributed by atoms with van der Waals surface area (Å²) in [6.07, 6.45) is 1.21. The van der Waals surface area contributed by atoms with Crippen molar-refractivity contribution in [2.75, 3.05) is 39.4 Å². The van der Waals surface area contributed by atoms with Crippen LogP contribution in [0, 0.1) is 0 Å². The zero-order valence-corrected chi connectivity index (χ0v) is 12.6. The van der Waals surface area contributed by atoms with Crippen LogP contribution in [0.25, 0.3) is 10.1 Å². The van der Waals surface area contributed by atoms with Crippen LogP contribution in [0.1, 0.15) is 12.0 Å². The largest absolute Gasteiger partial charge is 0.379 e. The minimum absolute atomic E-state index is 0.897. The van der Waals surface area contributed by atoms with Crippen molar-refractivity contribution in [2.45, 2.75) is 13.0 Å². The third-order valence-corrected chi connectivity index (χ3v) is 4.82. The van der Waals surface area contributed by atoms with E-state index >= 15 is 0 Å². The molecule has 0 atom stereocenters. The number of rotatable bonds is 6. The molecule has 0 amide bonds. The third kappa shape index (κ3) is 3.58. The van der Waals surface area contributed by atoms with Gasteiger partial charge in [-0.2, -0.15) is 0 Å². The monoisotopic (exact) mass is 290 g/mol. The average molecular weight is 290 g/mol. The summed E-state index contributed by atoms with van der Waals surface area (Å²) in [5, 5.41) is 7.25.